The Morgan fingerprint density at radius 3 is 2.75 bits per heavy atom. The van der Waals surface area contributed by atoms with Gasteiger partial charge in [0.15, 0.2) is 0 Å². The molecule has 2 aliphatic heterocycles. The van der Waals surface area contributed by atoms with Crippen LogP contribution >= 0.6 is 0 Å². The molecule has 8 nitrogen and oxygen atoms in total. The first kappa shape index (κ1) is 21.9. The predicted molar refractivity (Wildman–Crippen MR) is 118 cm³/mol. The van der Waals surface area contributed by atoms with E-state index in [1.807, 2.05) is 13.8 Å². The summed E-state index contributed by atoms with van der Waals surface area (Å²) in [6.07, 6.45) is 0.874. The van der Waals surface area contributed by atoms with Gasteiger partial charge in [-0.2, -0.15) is 0 Å². The number of anilines is 1. The Morgan fingerprint density at radius 1 is 1.28 bits per heavy atom. The van der Waals surface area contributed by atoms with E-state index in [9.17, 15) is 18.8 Å². The number of hydrogen-bond acceptors (Lipinski definition) is 3. The highest BCUT2D eigenvalue weighted by Gasteiger charge is 2.31. The molecule has 170 valence electrons. The van der Waals surface area contributed by atoms with E-state index in [0.29, 0.717) is 36.3 Å². The molecular formula is C23H28FN5O3. The van der Waals surface area contributed by atoms with Crippen LogP contribution in [0.3, 0.4) is 0 Å². The number of aromatic amines is 1. The summed E-state index contributed by atoms with van der Waals surface area (Å²) in [4.78, 5) is 45.8. The third kappa shape index (κ3) is 3.94. The van der Waals surface area contributed by atoms with Gasteiger partial charge in [-0.3, -0.25) is 9.59 Å². The number of carbonyl (C=O) groups is 3. The fraction of sp³-hybridized carbons (Fsp3) is 0.435. The van der Waals surface area contributed by atoms with Crippen molar-refractivity contribution in [3.05, 3.63) is 52.1 Å². The van der Waals surface area contributed by atoms with E-state index in [-0.39, 0.29) is 42.7 Å². The Morgan fingerprint density at radius 2 is 2.03 bits per heavy atom. The van der Waals surface area contributed by atoms with Gasteiger partial charge in [0, 0.05) is 50.3 Å². The van der Waals surface area contributed by atoms with Crippen molar-refractivity contribution in [1.82, 2.24) is 20.1 Å². The van der Waals surface area contributed by atoms with Gasteiger partial charge in [0.05, 0.1) is 18.5 Å². The first-order chi connectivity index (χ1) is 15.2. The minimum atomic E-state index is -0.359. The van der Waals surface area contributed by atoms with E-state index >= 15 is 0 Å². The number of halogens is 1. The van der Waals surface area contributed by atoms with Crippen LogP contribution in [0.5, 0.6) is 0 Å². The van der Waals surface area contributed by atoms with Gasteiger partial charge >= 0.3 is 6.03 Å². The fourth-order valence-electron chi connectivity index (χ4n) is 4.59. The number of H-pyrrole nitrogens is 1. The summed E-state index contributed by atoms with van der Waals surface area (Å²) in [7, 11) is 3.42. The van der Waals surface area contributed by atoms with E-state index < -0.39 is 0 Å². The fourth-order valence-corrected chi connectivity index (χ4v) is 4.59. The molecule has 0 saturated carbocycles. The summed E-state index contributed by atoms with van der Waals surface area (Å²) in [6.45, 7) is 5.06. The summed E-state index contributed by atoms with van der Waals surface area (Å²) in [6, 6.07) is 4.20. The van der Waals surface area contributed by atoms with Crippen LogP contribution in [0, 0.1) is 19.7 Å². The molecule has 2 N–H and O–H groups in total. The van der Waals surface area contributed by atoms with Crippen molar-refractivity contribution >= 4 is 23.5 Å². The molecule has 1 fully saturated rings. The molecule has 9 heteroatoms. The monoisotopic (exact) mass is 441 g/mol. The van der Waals surface area contributed by atoms with Gasteiger partial charge in [-0.15, -0.1) is 0 Å². The average molecular weight is 442 g/mol. The van der Waals surface area contributed by atoms with Crippen LogP contribution in [-0.4, -0.2) is 65.9 Å². The molecule has 3 heterocycles. The molecule has 0 unspecified atom stereocenters. The molecule has 0 radical (unpaired) electrons. The molecule has 0 bridgehead atoms. The van der Waals surface area contributed by atoms with Crippen LogP contribution in [0.2, 0.25) is 0 Å². The number of urea groups is 1. The lowest BCUT2D eigenvalue weighted by Crippen LogP contribution is -2.41. The highest BCUT2D eigenvalue weighted by atomic mass is 19.1. The lowest BCUT2D eigenvalue weighted by molar-refractivity contribution is -0.117. The summed E-state index contributed by atoms with van der Waals surface area (Å²) < 4.78 is 13.5. The van der Waals surface area contributed by atoms with E-state index in [2.05, 4.69) is 10.3 Å². The molecule has 2 aromatic rings. The number of rotatable bonds is 4. The molecule has 0 spiro atoms. The lowest BCUT2D eigenvalue weighted by atomic mass is 10.1. The second kappa shape index (κ2) is 8.29. The van der Waals surface area contributed by atoms with Crippen molar-refractivity contribution in [2.75, 3.05) is 32.1 Å². The summed E-state index contributed by atoms with van der Waals surface area (Å²) >= 11 is 0. The molecule has 1 aromatic carbocycles. The third-order valence-corrected chi connectivity index (χ3v) is 6.24. The van der Waals surface area contributed by atoms with Crippen molar-refractivity contribution < 1.29 is 18.8 Å². The van der Waals surface area contributed by atoms with Crippen molar-refractivity contribution in [1.29, 1.82) is 0 Å². The number of benzene rings is 1. The standard InChI is InChI=1S/C23H28FN5O3/c1-13-18(12-29-19-6-5-16(24)9-15(19)10-20(29)30)25-14(2)21(13)22(31)26-17-7-8-28(11-17)23(32)27(3)4/h5-6,9,17,25H,7-8,10-12H2,1-4H3,(H,26,31)/t17-/m0/s1. The Hall–Kier alpha value is -3.36. The number of likely N-dealkylation sites (tertiary alicyclic amines) is 1. The molecule has 32 heavy (non-hydrogen) atoms. The van der Waals surface area contributed by atoms with Crippen molar-refractivity contribution in [2.45, 2.75) is 39.3 Å². The van der Waals surface area contributed by atoms with Crippen LogP contribution in [0.25, 0.3) is 0 Å². The second-order valence-corrected chi connectivity index (χ2v) is 8.74. The zero-order chi connectivity index (χ0) is 23.2. The highest BCUT2D eigenvalue weighted by molar-refractivity contribution is 6.01. The number of aromatic nitrogens is 1. The summed E-state index contributed by atoms with van der Waals surface area (Å²) in [5.74, 6) is -0.649. The molecule has 4 amide bonds. The topological polar surface area (TPSA) is 88.7 Å². The minimum Gasteiger partial charge on any atom is -0.360 e. The number of amides is 4. The quantitative estimate of drug-likeness (QED) is 0.763. The van der Waals surface area contributed by atoms with Gasteiger partial charge in [0.1, 0.15) is 5.82 Å². The van der Waals surface area contributed by atoms with Crippen molar-refractivity contribution in [2.24, 2.45) is 0 Å². The maximum absolute atomic E-state index is 13.5. The molecule has 1 saturated heterocycles. The SMILES string of the molecule is Cc1[nH]c(CN2C(=O)Cc3cc(F)ccc32)c(C)c1C(=O)N[C@H]1CCN(C(=O)N(C)C)C1. The summed E-state index contributed by atoms with van der Waals surface area (Å²) in [5.41, 5.74) is 4.21. The zero-order valence-electron chi connectivity index (χ0n) is 18.8. The maximum atomic E-state index is 13.5. The number of fused-ring (bicyclic) bond motifs is 1. The number of carbonyl (C=O) groups excluding carboxylic acids is 3. The number of aryl methyl sites for hydroxylation is 1. The van der Waals surface area contributed by atoms with Crippen LogP contribution in [0.15, 0.2) is 18.2 Å². The van der Waals surface area contributed by atoms with Crippen LogP contribution < -0.4 is 10.2 Å². The normalized spacial score (nSPS) is 17.7. The first-order valence-electron chi connectivity index (χ1n) is 10.7. The van der Waals surface area contributed by atoms with Gasteiger partial charge in [0.25, 0.3) is 5.91 Å². The Labute approximate surface area is 186 Å². The van der Waals surface area contributed by atoms with Gasteiger partial charge in [-0.1, -0.05) is 0 Å². The van der Waals surface area contributed by atoms with Gasteiger partial charge in [-0.05, 0) is 49.6 Å². The number of nitrogens with one attached hydrogen (secondary N) is 2. The molecular weight excluding hydrogens is 413 g/mol. The Balaban J connectivity index is 1.48. The number of hydrogen-bond donors (Lipinski definition) is 2. The van der Waals surface area contributed by atoms with Crippen LogP contribution in [-0.2, 0) is 17.8 Å². The van der Waals surface area contributed by atoms with Gasteiger partial charge < -0.3 is 25.0 Å². The smallest absolute Gasteiger partial charge is 0.319 e. The minimum absolute atomic E-state index is 0.0616. The first-order valence-corrected chi connectivity index (χ1v) is 10.7. The third-order valence-electron chi connectivity index (χ3n) is 6.24. The summed E-state index contributed by atoms with van der Waals surface area (Å²) in [5, 5.41) is 3.04. The van der Waals surface area contributed by atoms with E-state index in [4.69, 9.17) is 0 Å². The average Bonchev–Trinajstić information content (AvgIpc) is 3.38. The molecule has 2 aliphatic rings. The highest BCUT2D eigenvalue weighted by Crippen LogP contribution is 2.32. The number of nitrogens with zero attached hydrogens (tertiary/aromatic N) is 3. The predicted octanol–water partition coefficient (Wildman–Crippen LogP) is 2.35. The second-order valence-electron chi connectivity index (χ2n) is 8.74. The van der Waals surface area contributed by atoms with Crippen molar-refractivity contribution in [3.8, 4) is 0 Å². The molecule has 0 aliphatic carbocycles. The lowest BCUT2D eigenvalue weighted by Gasteiger charge is -2.21. The van der Waals surface area contributed by atoms with Crippen LogP contribution in [0.1, 0.15) is 39.3 Å². The van der Waals surface area contributed by atoms with Gasteiger partial charge in [-0.25, -0.2) is 9.18 Å². The van der Waals surface area contributed by atoms with Gasteiger partial charge in [0.2, 0.25) is 5.91 Å². The van der Waals surface area contributed by atoms with E-state index in [1.165, 1.54) is 17.0 Å². The van der Waals surface area contributed by atoms with E-state index in [1.54, 1.807) is 30.0 Å². The van der Waals surface area contributed by atoms with Crippen molar-refractivity contribution in [3.63, 3.8) is 0 Å². The Bertz CT molecular complexity index is 1090. The molecule has 1 aromatic heterocycles. The Kier molecular flexibility index (Phi) is 5.66. The van der Waals surface area contributed by atoms with Crippen LogP contribution in [0.4, 0.5) is 14.9 Å². The molecule has 4 rings (SSSR count). The van der Waals surface area contributed by atoms with E-state index in [0.717, 1.165) is 17.0 Å². The largest absolute Gasteiger partial charge is 0.360 e. The molecule has 1 atom stereocenters. The zero-order valence-corrected chi connectivity index (χ0v) is 18.8. The maximum Gasteiger partial charge on any atom is 0.319 e.